The van der Waals surface area contributed by atoms with E-state index in [4.69, 9.17) is 4.74 Å². The van der Waals surface area contributed by atoms with Gasteiger partial charge in [-0.2, -0.15) is 0 Å². The van der Waals surface area contributed by atoms with Crippen molar-refractivity contribution >= 4 is 0 Å². The van der Waals surface area contributed by atoms with Crippen LogP contribution in [0, 0.1) is 5.82 Å². The minimum atomic E-state index is -0.300. The van der Waals surface area contributed by atoms with Crippen molar-refractivity contribution in [2.45, 2.75) is 0 Å². The van der Waals surface area contributed by atoms with Gasteiger partial charge in [0.1, 0.15) is 17.9 Å². The van der Waals surface area contributed by atoms with E-state index in [2.05, 4.69) is 9.97 Å². The minimum Gasteiger partial charge on any atom is -0.497 e. The fourth-order valence-corrected chi connectivity index (χ4v) is 2.18. The summed E-state index contributed by atoms with van der Waals surface area (Å²) in [4.78, 5) is 8.30. The highest BCUT2D eigenvalue weighted by atomic mass is 19.1. The number of methoxy groups -OCH3 is 1. The Morgan fingerprint density at radius 2 is 1.71 bits per heavy atom. The van der Waals surface area contributed by atoms with E-state index in [1.807, 2.05) is 24.3 Å². The van der Waals surface area contributed by atoms with Crippen LogP contribution in [-0.2, 0) is 0 Å². The zero-order valence-corrected chi connectivity index (χ0v) is 11.5. The van der Waals surface area contributed by atoms with Crippen LogP contribution in [0.15, 0.2) is 61.1 Å². The predicted octanol–water partition coefficient (Wildman–Crippen LogP) is 3.96. The predicted molar refractivity (Wildman–Crippen MR) is 79.4 cm³/mol. The van der Waals surface area contributed by atoms with E-state index in [9.17, 15) is 4.39 Å². The maximum atomic E-state index is 14.0. The lowest BCUT2D eigenvalue weighted by Crippen LogP contribution is -1.93. The largest absolute Gasteiger partial charge is 0.497 e. The smallest absolute Gasteiger partial charge is 0.132 e. The summed E-state index contributed by atoms with van der Waals surface area (Å²) < 4.78 is 19.2. The van der Waals surface area contributed by atoms with E-state index < -0.39 is 0 Å². The van der Waals surface area contributed by atoms with E-state index in [1.54, 1.807) is 31.5 Å². The SMILES string of the molecule is COc1ccc(-c2cncnc2-c2ccccc2F)cc1. The Bertz CT molecular complexity index is 757. The van der Waals surface area contributed by atoms with E-state index in [0.29, 0.717) is 11.3 Å². The lowest BCUT2D eigenvalue weighted by Gasteiger charge is -2.09. The summed E-state index contributed by atoms with van der Waals surface area (Å²) in [5.74, 6) is 0.467. The molecule has 0 spiro atoms. The Kier molecular flexibility index (Phi) is 3.60. The van der Waals surface area contributed by atoms with E-state index in [0.717, 1.165) is 16.9 Å². The lowest BCUT2D eigenvalue weighted by atomic mass is 10.0. The van der Waals surface area contributed by atoms with Gasteiger partial charge >= 0.3 is 0 Å². The summed E-state index contributed by atoms with van der Waals surface area (Å²) in [6.45, 7) is 0. The molecule has 0 saturated carbocycles. The summed E-state index contributed by atoms with van der Waals surface area (Å²) >= 11 is 0. The second-order valence-corrected chi connectivity index (χ2v) is 4.49. The van der Waals surface area contributed by atoms with Crippen molar-refractivity contribution in [3.63, 3.8) is 0 Å². The van der Waals surface area contributed by atoms with Gasteiger partial charge in [0.2, 0.25) is 0 Å². The van der Waals surface area contributed by atoms with E-state index in [1.165, 1.54) is 12.4 Å². The second kappa shape index (κ2) is 5.71. The number of nitrogens with zero attached hydrogens (tertiary/aromatic N) is 2. The molecule has 0 radical (unpaired) electrons. The van der Waals surface area contributed by atoms with Gasteiger partial charge in [0.05, 0.1) is 12.8 Å². The molecule has 2 aromatic carbocycles. The molecular weight excluding hydrogens is 267 g/mol. The maximum absolute atomic E-state index is 14.0. The molecule has 3 nitrogen and oxygen atoms in total. The topological polar surface area (TPSA) is 35.0 Å². The van der Waals surface area contributed by atoms with Crippen LogP contribution >= 0.6 is 0 Å². The molecule has 3 aromatic rings. The number of hydrogen-bond acceptors (Lipinski definition) is 3. The van der Waals surface area contributed by atoms with Crippen molar-refractivity contribution in [3.8, 4) is 28.1 Å². The molecule has 0 aliphatic heterocycles. The van der Waals surface area contributed by atoms with Crippen molar-refractivity contribution in [1.29, 1.82) is 0 Å². The third kappa shape index (κ3) is 2.60. The zero-order valence-electron chi connectivity index (χ0n) is 11.5. The first-order valence-electron chi connectivity index (χ1n) is 6.49. The quantitative estimate of drug-likeness (QED) is 0.728. The van der Waals surface area contributed by atoms with Gasteiger partial charge in [0.15, 0.2) is 0 Å². The van der Waals surface area contributed by atoms with Gasteiger partial charge in [0, 0.05) is 17.3 Å². The van der Waals surface area contributed by atoms with Gasteiger partial charge in [-0.3, -0.25) is 0 Å². The van der Waals surface area contributed by atoms with Crippen LogP contribution in [0.25, 0.3) is 22.4 Å². The monoisotopic (exact) mass is 280 g/mol. The molecule has 1 aromatic heterocycles. The Balaban J connectivity index is 2.13. The first-order valence-corrected chi connectivity index (χ1v) is 6.49. The second-order valence-electron chi connectivity index (χ2n) is 4.49. The Morgan fingerprint density at radius 3 is 2.43 bits per heavy atom. The molecular formula is C17H13FN2O. The molecule has 3 rings (SSSR count). The van der Waals surface area contributed by atoms with Gasteiger partial charge in [-0.25, -0.2) is 14.4 Å². The van der Waals surface area contributed by atoms with Gasteiger partial charge in [-0.05, 0) is 29.8 Å². The van der Waals surface area contributed by atoms with Crippen molar-refractivity contribution in [2.75, 3.05) is 7.11 Å². The van der Waals surface area contributed by atoms with Crippen LogP contribution in [0.5, 0.6) is 5.75 Å². The minimum absolute atomic E-state index is 0.300. The molecule has 0 aliphatic carbocycles. The highest BCUT2D eigenvalue weighted by Crippen LogP contribution is 2.31. The van der Waals surface area contributed by atoms with Crippen LogP contribution in [0.4, 0.5) is 4.39 Å². The molecule has 0 N–H and O–H groups in total. The lowest BCUT2D eigenvalue weighted by molar-refractivity contribution is 0.415. The molecule has 0 aliphatic rings. The highest BCUT2D eigenvalue weighted by Gasteiger charge is 2.12. The van der Waals surface area contributed by atoms with Gasteiger partial charge in [0.25, 0.3) is 0 Å². The van der Waals surface area contributed by atoms with Crippen LogP contribution in [0.3, 0.4) is 0 Å². The molecule has 0 amide bonds. The Labute approximate surface area is 122 Å². The standard InChI is InChI=1S/C17H13FN2O/c1-21-13-8-6-12(7-9-13)15-10-19-11-20-17(15)14-4-2-3-5-16(14)18/h2-11H,1H3. The molecule has 0 unspecified atom stereocenters. The number of ether oxygens (including phenoxy) is 1. The van der Waals surface area contributed by atoms with Crippen molar-refractivity contribution in [2.24, 2.45) is 0 Å². The fraction of sp³-hybridized carbons (Fsp3) is 0.0588. The summed E-state index contributed by atoms with van der Waals surface area (Å²) in [6.07, 6.45) is 3.12. The maximum Gasteiger partial charge on any atom is 0.132 e. The molecule has 0 fully saturated rings. The number of benzene rings is 2. The van der Waals surface area contributed by atoms with Crippen LogP contribution in [0.2, 0.25) is 0 Å². The number of aromatic nitrogens is 2. The van der Waals surface area contributed by atoms with E-state index in [-0.39, 0.29) is 5.82 Å². The van der Waals surface area contributed by atoms with Gasteiger partial charge in [-0.1, -0.05) is 24.3 Å². The third-order valence-electron chi connectivity index (χ3n) is 3.24. The van der Waals surface area contributed by atoms with E-state index >= 15 is 0 Å². The number of hydrogen-bond donors (Lipinski definition) is 0. The van der Waals surface area contributed by atoms with Crippen LogP contribution in [-0.4, -0.2) is 17.1 Å². The average Bonchev–Trinajstić information content (AvgIpc) is 2.55. The fourth-order valence-electron chi connectivity index (χ4n) is 2.18. The number of halogens is 1. The first kappa shape index (κ1) is 13.2. The summed E-state index contributed by atoms with van der Waals surface area (Å²) in [5, 5.41) is 0. The van der Waals surface area contributed by atoms with Crippen molar-refractivity contribution in [1.82, 2.24) is 9.97 Å². The Hall–Kier alpha value is -2.75. The molecule has 0 bridgehead atoms. The van der Waals surface area contributed by atoms with Crippen LogP contribution < -0.4 is 4.74 Å². The summed E-state index contributed by atoms with van der Waals surface area (Å²) in [5.41, 5.74) is 2.74. The van der Waals surface area contributed by atoms with Crippen molar-refractivity contribution < 1.29 is 9.13 Å². The molecule has 4 heteroatoms. The number of rotatable bonds is 3. The molecule has 21 heavy (non-hydrogen) atoms. The molecule has 0 atom stereocenters. The molecule has 0 saturated heterocycles. The molecule has 104 valence electrons. The highest BCUT2D eigenvalue weighted by molar-refractivity contribution is 5.80. The Morgan fingerprint density at radius 1 is 0.952 bits per heavy atom. The first-order chi connectivity index (χ1) is 10.3. The average molecular weight is 280 g/mol. The third-order valence-corrected chi connectivity index (χ3v) is 3.24. The van der Waals surface area contributed by atoms with Crippen molar-refractivity contribution in [3.05, 3.63) is 66.9 Å². The molecule has 1 heterocycles. The zero-order chi connectivity index (χ0) is 14.7. The van der Waals surface area contributed by atoms with Gasteiger partial charge in [-0.15, -0.1) is 0 Å². The summed E-state index contributed by atoms with van der Waals surface area (Å²) in [6, 6.07) is 14.1. The van der Waals surface area contributed by atoms with Crippen LogP contribution in [0.1, 0.15) is 0 Å². The summed E-state index contributed by atoms with van der Waals surface area (Å²) in [7, 11) is 1.62. The van der Waals surface area contributed by atoms with Gasteiger partial charge < -0.3 is 4.74 Å². The normalized spacial score (nSPS) is 10.4.